The van der Waals surface area contributed by atoms with Gasteiger partial charge in [0.05, 0.1) is 12.6 Å². The van der Waals surface area contributed by atoms with Gasteiger partial charge >= 0.3 is 0 Å². The largest absolute Gasteiger partial charge is 0.342 e. The lowest BCUT2D eigenvalue weighted by Crippen LogP contribution is -2.45. The maximum absolute atomic E-state index is 11.6. The molecule has 2 amide bonds. The van der Waals surface area contributed by atoms with Gasteiger partial charge in [-0.1, -0.05) is 0 Å². The molecule has 0 aromatic heterocycles. The number of hydrogen-bond acceptors (Lipinski definition) is 3. The summed E-state index contributed by atoms with van der Waals surface area (Å²) < 4.78 is 0. The second-order valence-corrected chi connectivity index (χ2v) is 3.55. The summed E-state index contributed by atoms with van der Waals surface area (Å²) in [6, 6.07) is -0.556. The molecule has 0 aliphatic rings. The molecule has 1 atom stereocenters. The second-order valence-electron chi connectivity index (χ2n) is 3.55. The maximum Gasteiger partial charge on any atom is 0.242 e. The first kappa shape index (κ1) is 17.6. The Balaban J connectivity index is 0. The van der Waals surface area contributed by atoms with E-state index in [1.54, 1.807) is 18.9 Å². The fourth-order valence-corrected chi connectivity index (χ4v) is 1.30. The fourth-order valence-electron chi connectivity index (χ4n) is 1.30. The number of nitrogens with two attached hydrogens (primary N) is 1. The van der Waals surface area contributed by atoms with Gasteiger partial charge in [-0.15, -0.1) is 12.4 Å². The van der Waals surface area contributed by atoms with Crippen molar-refractivity contribution in [3.8, 4) is 0 Å². The average Bonchev–Trinajstić information content (AvgIpc) is 2.18. The van der Waals surface area contributed by atoms with E-state index in [-0.39, 0.29) is 30.8 Å². The molecule has 1 unspecified atom stereocenters. The molecule has 0 aromatic rings. The van der Waals surface area contributed by atoms with E-state index < -0.39 is 6.04 Å². The SMILES string of the molecule is CCN(CC)C(=O)CN(C)C(=O)C(C)N.Cl. The molecule has 2 N–H and O–H groups in total. The van der Waals surface area contributed by atoms with E-state index in [1.165, 1.54) is 4.90 Å². The van der Waals surface area contributed by atoms with Crippen LogP contribution in [0.1, 0.15) is 20.8 Å². The molecule has 6 heteroatoms. The minimum absolute atomic E-state index is 0. The Morgan fingerprint density at radius 2 is 1.69 bits per heavy atom. The van der Waals surface area contributed by atoms with Gasteiger partial charge in [0.15, 0.2) is 0 Å². The van der Waals surface area contributed by atoms with Crippen LogP contribution in [0.3, 0.4) is 0 Å². The van der Waals surface area contributed by atoms with Gasteiger partial charge in [0.1, 0.15) is 0 Å². The second kappa shape index (κ2) is 8.35. The highest BCUT2D eigenvalue weighted by Gasteiger charge is 2.18. The Hall–Kier alpha value is -0.810. The van der Waals surface area contributed by atoms with Crippen LogP contribution in [0, 0.1) is 0 Å². The molecule has 0 bridgehead atoms. The normalized spacial score (nSPS) is 11.3. The van der Waals surface area contributed by atoms with Crippen molar-refractivity contribution in [2.75, 3.05) is 26.7 Å². The Bertz CT molecular complexity index is 230. The van der Waals surface area contributed by atoms with E-state index in [1.807, 2.05) is 13.8 Å². The van der Waals surface area contributed by atoms with E-state index in [0.29, 0.717) is 13.1 Å². The summed E-state index contributed by atoms with van der Waals surface area (Å²) in [5, 5.41) is 0. The van der Waals surface area contributed by atoms with Crippen LogP contribution in [0.25, 0.3) is 0 Å². The van der Waals surface area contributed by atoms with Crippen LogP contribution in [0.15, 0.2) is 0 Å². The van der Waals surface area contributed by atoms with Crippen LogP contribution in [-0.2, 0) is 9.59 Å². The highest BCUT2D eigenvalue weighted by Crippen LogP contribution is 1.94. The lowest BCUT2D eigenvalue weighted by Gasteiger charge is -2.24. The quantitative estimate of drug-likeness (QED) is 0.753. The van der Waals surface area contributed by atoms with E-state index in [4.69, 9.17) is 5.73 Å². The predicted molar refractivity (Wildman–Crippen MR) is 66.5 cm³/mol. The number of halogens is 1. The van der Waals surface area contributed by atoms with Crippen LogP contribution in [0.2, 0.25) is 0 Å². The third-order valence-corrected chi connectivity index (χ3v) is 2.25. The number of amides is 2. The molecule has 0 fully saturated rings. The molecule has 0 spiro atoms. The van der Waals surface area contributed by atoms with Crippen molar-refractivity contribution < 1.29 is 9.59 Å². The van der Waals surface area contributed by atoms with Gasteiger partial charge in [-0.2, -0.15) is 0 Å². The number of nitrogens with zero attached hydrogens (tertiary/aromatic N) is 2. The van der Waals surface area contributed by atoms with E-state index >= 15 is 0 Å². The first-order chi connectivity index (χ1) is 6.93. The lowest BCUT2D eigenvalue weighted by molar-refractivity contribution is -0.139. The minimum atomic E-state index is -0.556. The summed E-state index contributed by atoms with van der Waals surface area (Å²) >= 11 is 0. The standard InChI is InChI=1S/C10H21N3O2.ClH/c1-5-13(6-2)9(14)7-12(4)10(15)8(3)11;/h8H,5-7,11H2,1-4H3;1H. The Morgan fingerprint density at radius 1 is 1.25 bits per heavy atom. The number of carbonyl (C=O) groups is 2. The van der Waals surface area contributed by atoms with Gasteiger partial charge in [0.25, 0.3) is 0 Å². The summed E-state index contributed by atoms with van der Waals surface area (Å²) in [6.07, 6.45) is 0. The summed E-state index contributed by atoms with van der Waals surface area (Å²) in [4.78, 5) is 26.1. The van der Waals surface area contributed by atoms with Gasteiger partial charge in [-0.25, -0.2) is 0 Å². The van der Waals surface area contributed by atoms with Crippen LogP contribution in [-0.4, -0.2) is 54.3 Å². The molecule has 0 saturated heterocycles. The highest BCUT2D eigenvalue weighted by molar-refractivity contribution is 5.87. The predicted octanol–water partition coefficient (Wildman–Crippen LogP) is 0.0822. The van der Waals surface area contributed by atoms with Gasteiger partial charge < -0.3 is 15.5 Å². The van der Waals surface area contributed by atoms with E-state index in [0.717, 1.165) is 0 Å². The summed E-state index contributed by atoms with van der Waals surface area (Å²) in [6.45, 7) is 6.86. The average molecular weight is 252 g/mol. The Morgan fingerprint density at radius 3 is 2.00 bits per heavy atom. The van der Waals surface area contributed by atoms with Crippen molar-refractivity contribution in [2.24, 2.45) is 5.73 Å². The molecule has 5 nitrogen and oxygen atoms in total. The molecule has 0 aliphatic carbocycles. The van der Waals surface area contributed by atoms with Gasteiger partial charge in [-0.05, 0) is 20.8 Å². The zero-order chi connectivity index (χ0) is 12.0. The number of likely N-dealkylation sites (N-methyl/N-ethyl adjacent to an activating group) is 2. The third-order valence-electron chi connectivity index (χ3n) is 2.25. The smallest absolute Gasteiger partial charge is 0.242 e. The van der Waals surface area contributed by atoms with Gasteiger partial charge in [0.2, 0.25) is 11.8 Å². The van der Waals surface area contributed by atoms with Crippen LogP contribution < -0.4 is 5.73 Å². The van der Waals surface area contributed by atoms with E-state index in [2.05, 4.69) is 0 Å². The molecular weight excluding hydrogens is 230 g/mol. The molecule has 16 heavy (non-hydrogen) atoms. The Labute approximate surface area is 103 Å². The first-order valence-corrected chi connectivity index (χ1v) is 5.22. The molecule has 0 radical (unpaired) electrons. The third kappa shape index (κ3) is 5.32. The van der Waals surface area contributed by atoms with Crippen LogP contribution in [0.4, 0.5) is 0 Å². The number of rotatable bonds is 5. The van der Waals surface area contributed by atoms with Gasteiger partial charge in [0, 0.05) is 20.1 Å². The fraction of sp³-hybridized carbons (Fsp3) is 0.800. The summed E-state index contributed by atoms with van der Waals surface area (Å²) in [7, 11) is 1.59. The van der Waals surface area contributed by atoms with Crippen LogP contribution >= 0.6 is 12.4 Å². The van der Waals surface area contributed by atoms with Crippen molar-refractivity contribution in [3.05, 3.63) is 0 Å². The maximum atomic E-state index is 11.6. The van der Waals surface area contributed by atoms with Crippen molar-refractivity contribution in [3.63, 3.8) is 0 Å². The molecule has 0 aliphatic heterocycles. The molecular formula is C10H22ClN3O2. The lowest BCUT2D eigenvalue weighted by atomic mass is 10.3. The molecule has 0 heterocycles. The van der Waals surface area contributed by atoms with E-state index in [9.17, 15) is 9.59 Å². The monoisotopic (exact) mass is 251 g/mol. The topological polar surface area (TPSA) is 66.6 Å². The molecule has 0 aromatic carbocycles. The summed E-state index contributed by atoms with van der Waals surface area (Å²) in [5.41, 5.74) is 5.44. The number of carbonyl (C=O) groups excluding carboxylic acids is 2. The first-order valence-electron chi connectivity index (χ1n) is 5.22. The van der Waals surface area contributed by atoms with Crippen molar-refractivity contribution >= 4 is 24.2 Å². The van der Waals surface area contributed by atoms with Crippen molar-refractivity contribution in [1.29, 1.82) is 0 Å². The minimum Gasteiger partial charge on any atom is -0.342 e. The van der Waals surface area contributed by atoms with Crippen LogP contribution in [0.5, 0.6) is 0 Å². The zero-order valence-corrected chi connectivity index (χ0v) is 11.2. The molecule has 96 valence electrons. The zero-order valence-electron chi connectivity index (χ0n) is 10.4. The highest BCUT2D eigenvalue weighted by atomic mass is 35.5. The Kier molecular flexibility index (Phi) is 9.18. The van der Waals surface area contributed by atoms with Gasteiger partial charge in [-0.3, -0.25) is 9.59 Å². The summed E-state index contributed by atoms with van der Waals surface area (Å²) in [5.74, 6) is -0.257. The molecule has 0 saturated carbocycles. The van der Waals surface area contributed by atoms with Crippen molar-refractivity contribution in [1.82, 2.24) is 9.80 Å². The number of hydrogen-bond donors (Lipinski definition) is 1. The molecule has 0 rings (SSSR count). The van der Waals surface area contributed by atoms with Crippen molar-refractivity contribution in [2.45, 2.75) is 26.8 Å².